The number of nitrogens with zero attached hydrogens (tertiary/aromatic N) is 1. The van der Waals surface area contributed by atoms with Gasteiger partial charge in [0.05, 0.1) is 6.54 Å². The lowest BCUT2D eigenvalue weighted by Crippen LogP contribution is -2.40. The summed E-state index contributed by atoms with van der Waals surface area (Å²) in [4.78, 5) is 37.4. The SMILES string of the molecule is Cc1cnc(NC(=O)NCC(=O)NCC(=O)O)s1. The van der Waals surface area contributed by atoms with Crippen molar-refractivity contribution in [2.75, 3.05) is 18.4 Å². The van der Waals surface area contributed by atoms with Crippen molar-refractivity contribution < 1.29 is 19.5 Å². The predicted molar refractivity (Wildman–Crippen MR) is 64.5 cm³/mol. The van der Waals surface area contributed by atoms with Crippen LogP contribution in [0, 0.1) is 6.92 Å². The number of carbonyl (C=O) groups is 3. The summed E-state index contributed by atoms with van der Waals surface area (Å²) in [5.41, 5.74) is 0. The zero-order chi connectivity index (χ0) is 13.5. The lowest BCUT2D eigenvalue weighted by atomic mass is 10.5. The number of hydrogen-bond donors (Lipinski definition) is 4. The first kappa shape index (κ1) is 13.9. The Morgan fingerprint density at radius 1 is 1.33 bits per heavy atom. The van der Waals surface area contributed by atoms with Crippen LogP contribution in [0.3, 0.4) is 0 Å². The number of carboxylic acids is 1. The number of aliphatic carboxylic acids is 1. The number of amides is 3. The minimum Gasteiger partial charge on any atom is -0.480 e. The van der Waals surface area contributed by atoms with Gasteiger partial charge in [0.2, 0.25) is 5.91 Å². The van der Waals surface area contributed by atoms with Gasteiger partial charge in [-0.1, -0.05) is 0 Å². The van der Waals surface area contributed by atoms with Gasteiger partial charge in [-0.25, -0.2) is 9.78 Å². The van der Waals surface area contributed by atoms with Crippen molar-refractivity contribution in [2.45, 2.75) is 6.92 Å². The van der Waals surface area contributed by atoms with E-state index in [9.17, 15) is 14.4 Å². The molecule has 3 amide bonds. The van der Waals surface area contributed by atoms with Gasteiger partial charge in [-0.15, -0.1) is 11.3 Å². The Morgan fingerprint density at radius 2 is 2.06 bits per heavy atom. The van der Waals surface area contributed by atoms with Crippen LogP contribution in [0.25, 0.3) is 0 Å². The molecule has 0 bridgehead atoms. The van der Waals surface area contributed by atoms with Crippen LogP contribution in [0.5, 0.6) is 0 Å². The van der Waals surface area contributed by atoms with Crippen LogP contribution in [0.1, 0.15) is 4.88 Å². The molecule has 0 aliphatic carbocycles. The molecule has 0 aliphatic rings. The van der Waals surface area contributed by atoms with Crippen LogP contribution in [0.15, 0.2) is 6.20 Å². The number of carboxylic acid groups (broad SMARTS) is 1. The Hall–Kier alpha value is -2.16. The van der Waals surface area contributed by atoms with Crippen molar-refractivity contribution in [1.82, 2.24) is 15.6 Å². The van der Waals surface area contributed by atoms with Crippen LogP contribution in [-0.2, 0) is 9.59 Å². The molecule has 1 aromatic rings. The molecule has 9 heteroatoms. The molecule has 1 aromatic heterocycles. The number of rotatable bonds is 5. The molecule has 0 radical (unpaired) electrons. The molecule has 98 valence electrons. The highest BCUT2D eigenvalue weighted by molar-refractivity contribution is 7.15. The second kappa shape index (κ2) is 6.55. The fraction of sp³-hybridized carbons (Fsp3) is 0.333. The molecule has 1 heterocycles. The smallest absolute Gasteiger partial charge is 0.322 e. The van der Waals surface area contributed by atoms with Gasteiger partial charge in [-0.3, -0.25) is 14.9 Å². The first-order valence-electron chi connectivity index (χ1n) is 4.93. The molecule has 0 spiro atoms. The molecule has 1 rings (SSSR count). The summed E-state index contributed by atoms with van der Waals surface area (Å²) in [5, 5.41) is 15.6. The van der Waals surface area contributed by atoms with E-state index in [2.05, 4.69) is 20.9 Å². The Morgan fingerprint density at radius 3 is 2.61 bits per heavy atom. The fourth-order valence-electron chi connectivity index (χ4n) is 0.951. The van der Waals surface area contributed by atoms with E-state index in [4.69, 9.17) is 5.11 Å². The Labute approximate surface area is 106 Å². The third-order valence-corrected chi connectivity index (χ3v) is 2.52. The molecule has 0 aliphatic heterocycles. The number of aryl methyl sites for hydroxylation is 1. The summed E-state index contributed by atoms with van der Waals surface area (Å²) in [7, 11) is 0. The summed E-state index contributed by atoms with van der Waals surface area (Å²) in [6, 6.07) is -0.574. The lowest BCUT2D eigenvalue weighted by molar-refractivity contribution is -0.137. The molecular formula is C9H12N4O4S. The number of anilines is 1. The summed E-state index contributed by atoms with van der Waals surface area (Å²) < 4.78 is 0. The Kier molecular flexibility index (Phi) is 5.06. The van der Waals surface area contributed by atoms with Crippen LogP contribution < -0.4 is 16.0 Å². The van der Waals surface area contributed by atoms with Crippen LogP contribution in [0.2, 0.25) is 0 Å². The van der Waals surface area contributed by atoms with E-state index in [0.717, 1.165) is 4.88 Å². The summed E-state index contributed by atoms with van der Waals surface area (Å²) >= 11 is 1.30. The van der Waals surface area contributed by atoms with Crippen molar-refractivity contribution in [1.29, 1.82) is 0 Å². The molecule has 18 heavy (non-hydrogen) atoms. The maximum Gasteiger partial charge on any atom is 0.322 e. The fourth-order valence-corrected chi connectivity index (χ4v) is 1.61. The molecule has 0 unspecified atom stereocenters. The maximum atomic E-state index is 11.3. The van der Waals surface area contributed by atoms with Crippen LogP contribution >= 0.6 is 11.3 Å². The van der Waals surface area contributed by atoms with Crippen molar-refractivity contribution in [3.8, 4) is 0 Å². The average molecular weight is 272 g/mol. The molecular weight excluding hydrogens is 260 g/mol. The molecule has 0 saturated heterocycles. The van der Waals surface area contributed by atoms with Gasteiger partial charge in [-0.05, 0) is 6.92 Å². The Balaban J connectivity index is 2.24. The largest absolute Gasteiger partial charge is 0.480 e. The van der Waals surface area contributed by atoms with Gasteiger partial charge >= 0.3 is 12.0 Å². The first-order chi connectivity index (χ1) is 8.47. The summed E-state index contributed by atoms with van der Waals surface area (Å²) in [5.74, 6) is -1.73. The van der Waals surface area contributed by atoms with Gasteiger partial charge < -0.3 is 15.7 Å². The topological polar surface area (TPSA) is 120 Å². The predicted octanol–water partition coefficient (Wildman–Crippen LogP) is -0.226. The minimum absolute atomic E-state index is 0.302. The highest BCUT2D eigenvalue weighted by atomic mass is 32.1. The quantitative estimate of drug-likeness (QED) is 0.590. The second-order valence-corrected chi connectivity index (χ2v) is 4.49. The van der Waals surface area contributed by atoms with E-state index in [-0.39, 0.29) is 6.54 Å². The van der Waals surface area contributed by atoms with Gasteiger partial charge in [0.15, 0.2) is 5.13 Å². The van der Waals surface area contributed by atoms with E-state index < -0.39 is 24.5 Å². The lowest BCUT2D eigenvalue weighted by Gasteiger charge is -2.05. The summed E-state index contributed by atoms with van der Waals surface area (Å²) in [6.07, 6.45) is 1.61. The minimum atomic E-state index is -1.15. The zero-order valence-corrected chi connectivity index (χ0v) is 10.3. The van der Waals surface area contributed by atoms with Crippen molar-refractivity contribution >= 4 is 34.4 Å². The number of aromatic nitrogens is 1. The van der Waals surface area contributed by atoms with E-state index in [1.807, 2.05) is 6.92 Å². The molecule has 0 saturated carbocycles. The second-order valence-electron chi connectivity index (χ2n) is 3.25. The van der Waals surface area contributed by atoms with E-state index >= 15 is 0 Å². The van der Waals surface area contributed by atoms with E-state index in [1.54, 1.807) is 6.20 Å². The van der Waals surface area contributed by atoms with Gasteiger partial charge in [0.1, 0.15) is 6.54 Å². The molecule has 0 fully saturated rings. The van der Waals surface area contributed by atoms with Crippen molar-refractivity contribution in [2.24, 2.45) is 0 Å². The molecule has 0 atom stereocenters. The van der Waals surface area contributed by atoms with Crippen molar-refractivity contribution in [3.63, 3.8) is 0 Å². The zero-order valence-electron chi connectivity index (χ0n) is 9.52. The monoisotopic (exact) mass is 272 g/mol. The number of thiazole rings is 1. The number of carbonyl (C=O) groups excluding carboxylic acids is 2. The highest BCUT2D eigenvalue weighted by Gasteiger charge is 2.08. The standard InChI is InChI=1S/C9H12N4O4S/c1-5-2-12-9(18-5)13-8(17)11-3-6(14)10-4-7(15)16/h2H,3-4H2,1H3,(H,10,14)(H,15,16)(H2,11,12,13,17). The van der Waals surface area contributed by atoms with Crippen molar-refractivity contribution in [3.05, 3.63) is 11.1 Å². The van der Waals surface area contributed by atoms with Gasteiger partial charge in [0, 0.05) is 11.1 Å². The van der Waals surface area contributed by atoms with Gasteiger partial charge in [0.25, 0.3) is 0 Å². The van der Waals surface area contributed by atoms with E-state index in [1.165, 1.54) is 11.3 Å². The Bertz CT molecular complexity index is 459. The van der Waals surface area contributed by atoms with E-state index in [0.29, 0.717) is 5.13 Å². The third kappa shape index (κ3) is 5.25. The first-order valence-corrected chi connectivity index (χ1v) is 5.75. The number of hydrogen-bond acceptors (Lipinski definition) is 5. The number of nitrogens with one attached hydrogen (secondary N) is 3. The number of urea groups is 1. The molecule has 0 aromatic carbocycles. The molecule has 8 nitrogen and oxygen atoms in total. The normalized spacial score (nSPS) is 9.61. The van der Waals surface area contributed by atoms with Crippen LogP contribution in [-0.4, -0.2) is 41.1 Å². The average Bonchev–Trinajstić information content (AvgIpc) is 2.69. The maximum absolute atomic E-state index is 11.3. The highest BCUT2D eigenvalue weighted by Crippen LogP contribution is 2.15. The molecule has 4 N–H and O–H groups in total. The third-order valence-electron chi connectivity index (χ3n) is 1.69. The van der Waals surface area contributed by atoms with Gasteiger partial charge in [-0.2, -0.15) is 0 Å². The summed E-state index contributed by atoms with van der Waals surface area (Å²) in [6.45, 7) is 1.07. The van der Waals surface area contributed by atoms with Crippen LogP contribution in [0.4, 0.5) is 9.93 Å².